The van der Waals surface area contributed by atoms with Crippen LogP contribution in [0.3, 0.4) is 0 Å². The van der Waals surface area contributed by atoms with Crippen LogP contribution in [-0.2, 0) is 0 Å². The molecule has 2 aromatic carbocycles. The number of methoxy groups -OCH3 is 1. The highest BCUT2D eigenvalue weighted by Gasteiger charge is 2.45. The van der Waals surface area contributed by atoms with Gasteiger partial charge in [-0.15, -0.1) is 0 Å². The molecule has 1 saturated heterocycles. The predicted octanol–water partition coefficient (Wildman–Crippen LogP) is 3.93. The van der Waals surface area contributed by atoms with Crippen LogP contribution in [0.25, 0.3) is 0 Å². The lowest BCUT2D eigenvalue weighted by molar-refractivity contribution is 0.126. The molecule has 1 fully saturated rings. The molecule has 1 aliphatic carbocycles. The highest BCUT2D eigenvalue weighted by atomic mass is 16.5. The number of ether oxygens (including phenoxy) is 1. The third-order valence-electron chi connectivity index (χ3n) is 5.55. The molecule has 120 valence electrons. The zero-order valence-electron chi connectivity index (χ0n) is 13.7. The number of likely N-dealkylation sites (tertiary alicyclic amines) is 1. The Labute approximate surface area is 137 Å². The molecule has 0 amide bonds. The van der Waals surface area contributed by atoms with Gasteiger partial charge in [-0.3, -0.25) is 4.90 Å². The van der Waals surface area contributed by atoms with Gasteiger partial charge in [-0.05, 0) is 61.2 Å². The standard InChI is InChI=1S/C20H23NO2/c1-21-10-6-9-14-19(13-7-4-3-5-8-13)15-12-18(23-2)17(22)11-16(15)20(14)21/h3-5,7-8,11-12,14,19-20,22H,6,9-10H2,1-2H3. The lowest BCUT2D eigenvalue weighted by atomic mass is 9.80. The monoisotopic (exact) mass is 309 g/mol. The van der Waals surface area contributed by atoms with Crippen LogP contribution < -0.4 is 4.74 Å². The van der Waals surface area contributed by atoms with E-state index in [1.165, 1.54) is 29.5 Å². The van der Waals surface area contributed by atoms with Gasteiger partial charge in [-0.1, -0.05) is 30.3 Å². The molecule has 1 aliphatic heterocycles. The minimum absolute atomic E-state index is 0.248. The molecule has 3 unspecified atom stereocenters. The highest BCUT2D eigenvalue weighted by molar-refractivity contribution is 5.55. The molecule has 0 bridgehead atoms. The first-order valence-corrected chi connectivity index (χ1v) is 8.36. The number of phenols is 1. The molecule has 1 N–H and O–H groups in total. The third-order valence-corrected chi connectivity index (χ3v) is 5.55. The topological polar surface area (TPSA) is 32.7 Å². The van der Waals surface area contributed by atoms with Gasteiger partial charge in [0.25, 0.3) is 0 Å². The van der Waals surface area contributed by atoms with Crippen LogP contribution in [0.1, 0.15) is 41.5 Å². The van der Waals surface area contributed by atoms with E-state index in [1.54, 1.807) is 7.11 Å². The lowest BCUT2D eigenvalue weighted by Gasteiger charge is -2.37. The second kappa shape index (κ2) is 5.57. The number of rotatable bonds is 2. The summed E-state index contributed by atoms with van der Waals surface area (Å²) < 4.78 is 5.37. The maximum Gasteiger partial charge on any atom is 0.160 e. The highest BCUT2D eigenvalue weighted by Crippen LogP contribution is 2.56. The van der Waals surface area contributed by atoms with Crippen LogP contribution in [-0.4, -0.2) is 30.7 Å². The van der Waals surface area contributed by atoms with Crippen molar-refractivity contribution in [2.75, 3.05) is 20.7 Å². The zero-order valence-corrected chi connectivity index (χ0v) is 13.7. The molecule has 3 nitrogen and oxygen atoms in total. The quantitative estimate of drug-likeness (QED) is 0.912. The molecule has 0 spiro atoms. The zero-order chi connectivity index (χ0) is 16.0. The van der Waals surface area contributed by atoms with Gasteiger partial charge < -0.3 is 9.84 Å². The third kappa shape index (κ3) is 2.22. The Morgan fingerprint density at radius 3 is 2.65 bits per heavy atom. The van der Waals surface area contributed by atoms with Gasteiger partial charge in [0.05, 0.1) is 7.11 Å². The fourth-order valence-electron chi connectivity index (χ4n) is 4.62. The Bertz CT molecular complexity index is 713. The average molecular weight is 309 g/mol. The summed E-state index contributed by atoms with van der Waals surface area (Å²) in [6.45, 7) is 1.12. The van der Waals surface area contributed by atoms with E-state index in [0.717, 1.165) is 6.54 Å². The van der Waals surface area contributed by atoms with Gasteiger partial charge in [0.1, 0.15) is 0 Å². The lowest BCUT2D eigenvalue weighted by Crippen LogP contribution is -2.34. The van der Waals surface area contributed by atoms with Gasteiger partial charge in [0.15, 0.2) is 11.5 Å². The summed E-state index contributed by atoms with van der Waals surface area (Å²) in [5, 5.41) is 10.3. The summed E-state index contributed by atoms with van der Waals surface area (Å²) in [6, 6.07) is 15.1. The number of phenolic OH excluding ortho intramolecular Hbond substituents is 1. The first kappa shape index (κ1) is 14.6. The normalized spacial score (nSPS) is 26.6. The van der Waals surface area contributed by atoms with Crippen LogP contribution >= 0.6 is 0 Å². The fraction of sp³-hybridized carbons (Fsp3) is 0.400. The Morgan fingerprint density at radius 2 is 1.91 bits per heavy atom. The molecule has 0 aromatic heterocycles. The van der Waals surface area contributed by atoms with E-state index in [2.05, 4.69) is 48.3 Å². The fourth-order valence-corrected chi connectivity index (χ4v) is 4.62. The van der Waals surface area contributed by atoms with Crippen LogP contribution in [0.5, 0.6) is 11.5 Å². The predicted molar refractivity (Wildman–Crippen MR) is 91.0 cm³/mol. The van der Waals surface area contributed by atoms with Gasteiger partial charge in [-0.25, -0.2) is 0 Å². The minimum Gasteiger partial charge on any atom is -0.504 e. The number of nitrogens with zero attached hydrogens (tertiary/aromatic N) is 1. The van der Waals surface area contributed by atoms with E-state index in [9.17, 15) is 5.11 Å². The molecule has 3 heteroatoms. The SMILES string of the molecule is COc1cc2c(cc1O)C1C(CCCN1C)C2c1ccccc1. The summed E-state index contributed by atoms with van der Waals surface area (Å²) in [5.41, 5.74) is 3.95. The molecule has 2 aliphatic rings. The van der Waals surface area contributed by atoms with E-state index < -0.39 is 0 Å². The molecule has 0 saturated carbocycles. The van der Waals surface area contributed by atoms with E-state index in [1.807, 2.05) is 6.07 Å². The van der Waals surface area contributed by atoms with Crippen molar-refractivity contribution in [1.82, 2.24) is 4.90 Å². The van der Waals surface area contributed by atoms with Crippen molar-refractivity contribution in [2.24, 2.45) is 5.92 Å². The minimum atomic E-state index is 0.248. The number of piperidine rings is 1. The molecular weight excluding hydrogens is 286 g/mol. The second-order valence-corrected chi connectivity index (χ2v) is 6.77. The van der Waals surface area contributed by atoms with Crippen molar-refractivity contribution in [3.63, 3.8) is 0 Å². The number of hydrogen-bond acceptors (Lipinski definition) is 3. The van der Waals surface area contributed by atoms with Gasteiger partial charge >= 0.3 is 0 Å². The van der Waals surface area contributed by atoms with E-state index in [0.29, 0.717) is 23.6 Å². The summed E-state index contributed by atoms with van der Waals surface area (Å²) in [5.74, 6) is 1.77. The summed E-state index contributed by atoms with van der Waals surface area (Å²) >= 11 is 0. The summed E-state index contributed by atoms with van der Waals surface area (Å²) in [7, 11) is 3.82. The van der Waals surface area contributed by atoms with Crippen LogP contribution in [0.4, 0.5) is 0 Å². The largest absolute Gasteiger partial charge is 0.504 e. The van der Waals surface area contributed by atoms with E-state index >= 15 is 0 Å². The first-order valence-electron chi connectivity index (χ1n) is 8.36. The number of aromatic hydroxyl groups is 1. The molecule has 4 rings (SSSR count). The van der Waals surface area contributed by atoms with Gasteiger partial charge in [0.2, 0.25) is 0 Å². The summed E-state index contributed by atoms with van der Waals surface area (Å²) in [6.07, 6.45) is 2.46. The van der Waals surface area contributed by atoms with Crippen LogP contribution in [0.2, 0.25) is 0 Å². The molecular formula is C20H23NO2. The van der Waals surface area contributed by atoms with Crippen molar-refractivity contribution in [3.05, 3.63) is 59.2 Å². The Kier molecular flexibility index (Phi) is 3.53. The van der Waals surface area contributed by atoms with Crippen molar-refractivity contribution in [3.8, 4) is 11.5 Å². The smallest absolute Gasteiger partial charge is 0.160 e. The number of hydrogen-bond donors (Lipinski definition) is 1. The average Bonchev–Trinajstić information content (AvgIpc) is 2.89. The van der Waals surface area contributed by atoms with E-state index in [-0.39, 0.29) is 5.75 Å². The van der Waals surface area contributed by atoms with E-state index in [4.69, 9.17) is 4.74 Å². The number of fused-ring (bicyclic) bond motifs is 3. The van der Waals surface area contributed by atoms with Crippen molar-refractivity contribution < 1.29 is 9.84 Å². The first-order chi connectivity index (χ1) is 11.2. The molecule has 23 heavy (non-hydrogen) atoms. The maximum atomic E-state index is 10.3. The van der Waals surface area contributed by atoms with Crippen molar-refractivity contribution in [1.29, 1.82) is 0 Å². The van der Waals surface area contributed by atoms with Crippen LogP contribution in [0.15, 0.2) is 42.5 Å². The maximum absolute atomic E-state index is 10.3. The van der Waals surface area contributed by atoms with Crippen molar-refractivity contribution in [2.45, 2.75) is 24.8 Å². The molecule has 0 radical (unpaired) electrons. The van der Waals surface area contributed by atoms with Gasteiger partial charge in [-0.2, -0.15) is 0 Å². The second-order valence-electron chi connectivity index (χ2n) is 6.77. The van der Waals surface area contributed by atoms with Crippen molar-refractivity contribution >= 4 is 0 Å². The molecule has 2 aromatic rings. The Balaban J connectivity index is 1.90. The molecule has 1 heterocycles. The number of benzene rings is 2. The van der Waals surface area contributed by atoms with Gasteiger partial charge in [0, 0.05) is 12.0 Å². The Hall–Kier alpha value is -2.00. The summed E-state index contributed by atoms with van der Waals surface area (Å²) in [4.78, 5) is 2.45. The van der Waals surface area contributed by atoms with Crippen LogP contribution in [0, 0.1) is 5.92 Å². The molecule has 3 atom stereocenters. The Morgan fingerprint density at radius 1 is 1.13 bits per heavy atom.